The van der Waals surface area contributed by atoms with Gasteiger partial charge in [-0.25, -0.2) is 0 Å². The number of carbonyl (C=O) groups excluding carboxylic acids is 1. The van der Waals surface area contributed by atoms with Crippen LogP contribution in [0.5, 0.6) is 5.75 Å². The minimum Gasteiger partial charge on any atom is -0.484 e. The fourth-order valence-corrected chi connectivity index (χ4v) is 1.52. The van der Waals surface area contributed by atoms with Crippen molar-refractivity contribution in [3.8, 4) is 5.75 Å². The first-order valence-electron chi connectivity index (χ1n) is 5.92. The predicted octanol–water partition coefficient (Wildman–Crippen LogP) is 0.113. The molecule has 1 aromatic rings. The van der Waals surface area contributed by atoms with E-state index in [1.165, 1.54) is 12.0 Å². The normalized spacial score (nSPS) is 11.9. The molecular formula is C13H20N2O4. The number of amides is 1. The number of hydrogen-bond acceptors (Lipinski definition) is 5. The lowest BCUT2D eigenvalue weighted by molar-refractivity contribution is -0.133. The van der Waals surface area contributed by atoms with Crippen molar-refractivity contribution < 1.29 is 19.4 Å². The summed E-state index contributed by atoms with van der Waals surface area (Å²) in [6, 6.07) is 6.86. The zero-order valence-corrected chi connectivity index (χ0v) is 11.2. The van der Waals surface area contributed by atoms with Crippen LogP contribution >= 0.6 is 0 Å². The monoisotopic (exact) mass is 268 g/mol. The number of nitrogens with zero attached hydrogens (tertiary/aromatic N) is 1. The maximum atomic E-state index is 11.8. The molecule has 19 heavy (non-hydrogen) atoms. The molecule has 1 rings (SSSR count). The number of ether oxygens (including phenoxy) is 2. The number of carbonyl (C=O) groups is 1. The molecule has 1 unspecified atom stereocenters. The second-order valence-electron chi connectivity index (χ2n) is 4.24. The van der Waals surface area contributed by atoms with Gasteiger partial charge < -0.3 is 25.2 Å². The number of likely N-dealkylation sites (N-methyl/N-ethyl adjacent to an activating group) is 1. The number of methoxy groups -OCH3 is 1. The zero-order valence-electron chi connectivity index (χ0n) is 11.2. The van der Waals surface area contributed by atoms with E-state index < -0.39 is 6.10 Å². The number of benzene rings is 1. The molecule has 0 aromatic heterocycles. The quantitative estimate of drug-likeness (QED) is 0.686. The molecule has 6 nitrogen and oxygen atoms in total. The van der Waals surface area contributed by atoms with Gasteiger partial charge in [0.15, 0.2) is 6.61 Å². The lowest BCUT2D eigenvalue weighted by Crippen LogP contribution is -2.38. The second kappa shape index (κ2) is 7.60. The molecule has 6 heteroatoms. The van der Waals surface area contributed by atoms with E-state index in [2.05, 4.69) is 0 Å². The predicted molar refractivity (Wildman–Crippen MR) is 71.9 cm³/mol. The number of anilines is 1. The van der Waals surface area contributed by atoms with Gasteiger partial charge in [-0.1, -0.05) is 6.07 Å². The van der Waals surface area contributed by atoms with Crippen molar-refractivity contribution in [3.05, 3.63) is 24.3 Å². The van der Waals surface area contributed by atoms with Crippen LogP contribution in [-0.4, -0.2) is 55.9 Å². The molecule has 0 bridgehead atoms. The molecule has 106 valence electrons. The highest BCUT2D eigenvalue weighted by Gasteiger charge is 2.14. The van der Waals surface area contributed by atoms with Crippen molar-refractivity contribution in [1.82, 2.24) is 4.90 Å². The highest BCUT2D eigenvalue weighted by Crippen LogP contribution is 2.14. The molecule has 0 heterocycles. The number of nitrogens with two attached hydrogens (primary N) is 1. The number of nitrogen functional groups attached to an aromatic ring is 1. The van der Waals surface area contributed by atoms with Crippen molar-refractivity contribution in [3.63, 3.8) is 0 Å². The average molecular weight is 268 g/mol. The number of aliphatic hydroxyl groups excluding tert-OH is 1. The molecule has 1 aromatic carbocycles. The first-order valence-corrected chi connectivity index (χ1v) is 5.92. The molecule has 0 fully saturated rings. The minimum absolute atomic E-state index is 0.0976. The Hall–Kier alpha value is -1.79. The van der Waals surface area contributed by atoms with E-state index in [1.54, 1.807) is 31.3 Å². The van der Waals surface area contributed by atoms with Crippen LogP contribution in [-0.2, 0) is 9.53 Å². The summed E-state index contributed by atoms with van der Waals surface area (Å²) in [5, 5.41) is 9.51. The van der Waals surface area contributed by atoms with Crippen LogP contribution in [0.3, 0.4) is 0 Å². The van der Waals surface area contributed by atoms with Gasteiger partial charge in [0.05, 0.1) is 12.7 Å². The molecule has 1 amide bonds. The van der Waals surface area contributed by atoms with Gasteiger partial charge in [0.1, 0.15) is 5.75 Å². The van der Waals surface area contributed by atoms with E-state index in [-0.39, 0.29) is 25.7 Å². The Kier molecular flexibility index (Phi) is 6.11. The standard InChI is InChI=1S/C13H20N2O4/c1-15(7-11(16)8-18-2)13(17)9-19-12-5-3-4-10(14)6-12/h3-6,11,16H,7-9,14H2,1-2H3. The Balaban J connectivity index is 2.38. The van der Waals surface area contributed by atoms with Crippen LogP contribution in [0.15, 0.2) is 24.3 Å². The van der Waals surface area contributed by atoms with Gasteiger partial charge in [-0.15, -0.1) is 0 Å². The third-order valence-electron chi connectivity index (χ3n) is 2.49. The lowest BCUT2D eigenvalue weighted by Gasteiger charge is -2.20. The molecule has 3 N–H and O–H groups in total. The smallest absolute Gasteiger partial charge is 0.260 e. The minimum atomic E-state index is -0.702. The van der Waals surface area contributed by atoms with Crippen LogP contribution in [0.25, 0.3) is 0 Å². The van der Waals surface area contributed by atoms with E-state index in [0.717, 1.165) is 0 Å². The van der Waals surface area contributed by atoms with E-state index in [0.29, 0.717) is 11.4 Å². The molecule has 0 radical (unpaired) electrons. The van der Waals surface area contributed by atoms with Gasteiger partial charge in [0, 0.05) is 32.5 Å². The second-order valence-corrected chi connectivity index (χ2v) is 4.24. The summed E-state index contributed by atoms with van der Waals surface area (Å²) in [5.74, 6) is 0.316. The molecular weight excluding hydrogens is 248 g/mol. The first-order chi connectivity index (χ1) is 9.02. The van der Waals surface area contributed by atoms with Crippen molar-refractivity contribution >= 4 is 11.6 Å². The molecule has 0 spiro atoms. The van der Waals surface area contributed by atoms with Crippen molar-refractivity contribution in [2.45, 2.75) is 6.10 Å². The van der Waals surface area contributed by atoms with Crippen LogP contribution in [0.2, 0.25) is 0 Å². The van der Waals surface area contributed by atoms with Crippen molar-refractivity contribution in [1.29, 1.82) is 0 Å². The summed E-state index contributed by atoms with van der Waals surface area (Å²) in [5.41, 5.74) is 6.18. The maximum absolute atomic E-state index is 11.8. The summed E-state index contributed by atoms with van der Waals surface area (Å²) in [7, 11) is 3.10. The fraction of sp³-hybridized carbons (Fsp3) is 0.462. The Labute approximate surface area is 112 Å². The third-order valence-corrected chi connectivity index (χ3v) is 2.49. The highest BCUT2D eigenvalue weighted by molar-refractivity contribution is 5.77. The first kappa shape index (κ1) is 15.3. The van der Waals surface area contributed by atoms with Gasteiger partial charge in [-0.05, 0) is 12.1 Å². The van der Waals surface area contributed by atoms with Crippen molar-refractivity contribution in [2.24, 2.45) is 0 Å². The molecule has 0 aliphatic rings. The summed E-state index contributed by atoms with van der Waals surface area (Å²) < 4.78 is 10.1. The third kappa shape index (κ3) is 5.58. The SMILES string of the molecule is COCC(O)CN(C)C(=O)COc1cccc(N)c1. The Morgan fingerprint density at radius 2 is 2.26 bits per heavy atom. The van der Waals surface area contributed by atoms with E-state index in [1.807, 2.05) is 0 Å². The zero-order chi connectivity index (χ0) is 14.3. The van der Waals surface area contributed by atoms with E-state index in [9.17, 15) is 9.90 Å². The highest BCUT2D eigenvalue weighted by atomic mass is 16.5. The van der Waals surface area contributed by atoms with E-state index >= 15 is 0 Å². The number of hydrogen-bond donors (Lipinski definition) is 2. The summed E-state index contributed by atoms with van der Waals surface area (Å²) >= 11 is 0. The maximum Gasteiger partial charge on any atom is 0.260 e. The van der Waals surface area contributed by atoms with Gasteiger partial charge in [-0.3, -0.25) is 4.79 Å². The number of rotatable bonds is 7. The summed E-state index contributed by atoms with van der Waals surface area (Å²) in [4.78, 5) is 13.2. The number of aliphatic hydroxyl groups is 1. The Bertz CT molecular complexity index is 411. The van der Waals surface area contributed by atoms with Gasteiger partial charge >= 0.3 is 0 Å². The Morgan fingerprint density at radius 1 is 1.53 bits per heavy atom. The fourth-order valence-electron chi connectivity index (χ4n) is 1.52. The molecule has 0 saturated heterocycles. The van der Waals surface area contributed by atoms with E-state index in [4.69, 9.17) is 15.2 Å². The topological polar surface area (TPSA) is 85.0 Å². The summed E-state index contributed by atoms with van der Waals surface area (Å²) in [6.45, 7) is 0.292. The largest absolute Gasteiger partial charge is 0.484 e. The summed E-state index contributed by atoms with van der Waals surface area (Å²) in [6.07, 6.45) is -0.702. The van der Waals surface area contributed by atoms with Crippen molar-refractivity contribution in [2.75, 3.05) is 39.6 Å². The molecule has 0 aliphatic carbocycles. The lowest BCUT2D eigenvalue weighted by atomic mass is 10.3. The molecule has 0 aliphatic heterocycles. The molecule has 1 atom stereocenters. The molecule has 0 saturated carbocycles. The van der Waals surface area contributed by atoms with Crippen LogP contribution < -0.4 is 10.5 Å². The average Bonchev–Trinajstić information content (AvgIpc) is 2.36. The van der Waals surface area contributed by atoms with Crippen LogP contribution in [0.1, 0.15) is 0 Å². The Morgan fingerprint density at radius 3 is 2.89 bits per heavy atom. The van der Waals surface area contributed by atoms with Crippen LogP contribution in [0.4, 0.5) is 5.69 Å². The van der Waals surface area contributed by atoms with Crippen LogP contribution in [0, 0.1) is 0 Å². The van der Waals surface area contributed by atoms with Gasteiger partial charge in [0.2, 0.25) is 0 Å². The van der Waals surface area contributed by atoms with Gasteiger partial charge in [-0.2, -0.15) is 0 Å². The van der Waals surface area contributed by atoms with Gasteiger partial charge in [0.25, 0.3) is 5.91 Å².